The molecule has 12 heavy (non-hydrogen) atoms. The smallest absolute Gasteiger partial charge is 0.0802 e. The Morgan fingerprint density at radius 2 is 1.92 bits per heavy atom. The second-order valence-corrected chi connectivity index (χ2v) is 10.1. The topological polar surface area (TPSA) is 40.5 Å². The van der Waals surface area contributed by atoms with Crippen molar-refractivity contribution in [2.24, 2.45) is 0 Å². The van der Waals surface area contributed by atoms with E-state index in [0.29, 0.717) is 0 Å². The highest BCUT2D eigenvalue weighted by atomic mass is 28.3. The van der Waals surface area contributed by atoms with Crippen LogP contribution < -0.4 is 0 Å². The molecule has 0 spiro atoms. The molecule has 0 heterocycles. The summed E-state index contributed by atoms with van der Waals surface area (Å²) >= 11 is 0. The van der Waals surface area contributed by atoms with E-state index in [0.717, 1.165) is 12.8 Å². The van der Waals surface area contributed by atoms with E-state index in [1.807, 2.05) is 0 Å². The zero-order valence-corrected chi connectivity index (χ0v) is 9.38. The first-order valence-corrected chi connectivity index (χ1v) is 8.28. The molecule has 0 aliphatic carbocycles. The van der Waals surface area contributed by atoms with E-state index >= 15 is 0 Å². The number of hydrogen-bond donors (Lipinski definition) is 2. The average Bonchev–Trinajstić information content (AvgIpc) is 1.96. The quantitative estimate of drug-likeness (QED) is 0.493. The van der Waals surface area contributed by atoms with E-state index in [-0.39, 0.29) is 6.61 Å². The van der Waals surface area contributed by atoms with Gasteiger partial charge in [-0.15, -0.1) is 0 Å². The summed E-state index contributed by atoms with van der Waals surface area (Å²) in [6.07, 6.45) is 3.24. The minimum atomic E-state index is -0.904. The van der Waals surface area contributed by atoms with Crippen LogP contribution in [0.4, 0.5) is 0 Å². The van der Waals surface area contributed by atoms with Crippen LogP contribution in [-0.4, -0.2) is 31.0 Å². The van der Waals surface area contributed by atoms with Crippen LogP contribution >= 0.6 is 0 Å². The molecule has 0 saturated heterocycles. The fourth-order valence-electron chi connectivity index (χ4n) is 1.02. The van der Waals surface area contributed by atoms with Crippen molar-refractivity contribution in [3.05, 3.63) is 6.42 Å². The van der Waals surface area contributed by atoms with Crippen molar-refractivity contribution in [3.8, 4) is 0 Å². The molecule has 2 N–H and O–H groups in total. The van der Waals surface area contributed by atoms with Gasteiger partial charge in [-0.2, -0.15) is 0 Å². The lowest BCUT2D eigenvalue weighted by Crippen LogP contribution is -2.19. The Hall–Kier alpha value is 0.137. The molecule has 0 amide bonds. The normalized spacial score (nSPS) is 14.8. The van der Waals surface area contributed by atoms with Crippen LogP contribution in [0.15, 0.2) is 0 Å². The monoisotopic (exact) mass is 189 g/mol. The summed E-state index contributed by atoms with van der Waals surface area (Å²) in [4.78, 5) is 0. The van der Waals surface area contributed by atoms with Gasteiger partial charge in [-0.25, -0.2) is 0 Å². The predicted molar refractivity (Wildman–Crippen MR) is 54.8 cm³/mol. The standard InChI is InChI=1S/C9H21O2Si/c1-12(2,3)7-5-4-6-9(11)8-10/h6,9-11H,4-5,7-8H2,1-3H3. The molecule has 0 rings (SSSR count). The third-order valence-corrected chi connectivity index (χ3v) is 3.61. The first kappa shape index (κ1) is 12.1. The fraction of sp³-hybridized carbons (Fsp3) is 0.889. The lowest BCUT2D eigenvalue weighted by atomic mass is 10.2. The second kappa shape index (κ2) is 5.73. The van der Waals surface area contributed by atoms with Gasteiger partial charge in [-0.3, -0.25) is 0 Å². The molecule has 0 fully saturated rings. The van der Waals surface area contributed by atoms with E-state index in [9.17, 15) is 0 Å². The van der Waals surface area contributed by atoms with Crippen LogP contribution in [0.25, 0.3) is 0 Å². The van der Waals surface area contributed by atoms with Gasteiger partial charge in [-0.1, -0.05) is 32.1 Å². The molecular formula is C9H21O2Si. The highest BCUT2D eigenvalue weighted by Gasteiger charge is 2.12. The van der Waals surface area contributed by atoms with E-state index in [4.69, 9.17) is 10.2 Å². The van der Waals surface area contributed by atoms with E-state index in [1.165, 1.54) is 6.04 Å². The molecule has 0 aliphatic heterocycles. The van der Waals surface area contributed by atoms with Gasteiger partial charge >= 0.3 is 0 Å². The molecule has 3 heteroatoms. The summed E-state index contributed by atoms with van der Waals surface area (Å²) in [5.41, 5.74) is 0. The highest BCUT2D eigenvalue weighted by Crippen LogP contribution is 2.13. The minimum absolute atomic E-state index is 0.146. The van der Waals surface area contributed by atoms with Gasteiger partial charge in [0.2, 0.25) is 0 Å². The highest BCUT2D eigenvalue weighted by molar-refractivity contribution is 6.76. The molecular weight excluding hydrogens is 168 g/mol. The van der Waals surface area contributed by atoms with Gasteiger partial charge in [-0.05, 0) is 12.8 Å². The van der Waals surface area contributed by atoms with E-state index < -0.39 is 14.2 Å². The Morgan fingerprint density at radius 1 is 1.33 bits per heavy atom. The number of rotatable bonds is 6. The Balaban J connectivity index is 3.22. The summed E-state index contributed by atoms with van der Waals surface area (Å²) in [6.45, 7) is 6.88. The number of hydrogen-bond acceptors (Lipinski definition) is 2. The lowest BCUT2D eigenvalue weighted by Gasteiger charge is -2.15. The van der Waals surface area contributed by atoms with Crippen molar-refractivity contribution in [3.63, 3.8) is 0 Å². The fourth-order valence-corrected chi connectivity index (χ4v) is 2.28. The molecule has 0 aromatic rings. The van der Waals surface area contributed by atoms with Crippen LogP contribution in [0, 0.1) is 6.42 Å². The van der Waals surface area contributed by atoms with Gasteiger partial charge in [0.15, 0.2) is 0 Å². The summed E-state index contributed by atoms with van der Waals surface area (Å²) in [6, 6.07) is 1.29. The Bertz CT molecular complexity index is 110. The molecule has 2 nitrogen and oxygen atoms in total. The van der Waals surface area contributed by atoms with Crippen LogP contribution in [0.5, 0.6) is 0 Å². The van der Waals surface area contributed by atoms with Crippen molar-refractivity contribution in [1.29, 1.82) is 0 Å². The van der Waals surface area contributed by atoms with Crippen LogP contribution in [0.1, 0.15) is 12.8 Å². The number of unbranched alkanes of at least 4 members (excludes halogenated alkanes) is 1. The van der Waals surface area contributed by atoms with Crippen molar-refractivity contribution in [2.75, 3.05) is 6.61 Å². The van der Waals surface area contributed by atoms with Crippen molar-refractivity contribution < 1.29 is 10.2 Å². The molecule has 1 unspecified atom stereocenters. The maximum atomic E-state index is 8.99. The van der Waals surface area contributed by atoms with Gasteiger partial charge in [0.1, 0.15) is 0 Å². The summed E-state index contributed by atoms with van der Waals surface area (Å²) in [5, 5.41) is 17.5. The van der Waals surface area contributed by atoms with Gasteiger partial charge in [0.25, 0.3) is 0 Å². The Labute approximate surface area is 76.6 Å². The van der Waals surface area contributed by atoms with Gasteiger partial charge in [0.05, 0.1) is 12.7 Å². The van der Waals surface area contributed by atoms with Gasteiger partial charge < -0.3 is 10.2 Å². The molecule has 0 aliphatic rings. The number of aliphatic hydroxyl groups excluding tert-OH is 2. The molecule has 1 atom stereocenters. The van der Waals surface area contributed by atoms with Crippen molar-refractivity contribution >= 4 is 8.07 Å². The van der Waals surface area contributed by atoms with E-state index in [2.05, 4.69) is 19.6 Å². The maximum absolute atomic E-state index is 8.99. The minimum Gasteiger partial charge on any atom is -0.394 e. The second-order valence-electron chi connectivity index (χ2n) is 4.44. The van der Waals surface area contributed by atoms with Crippen molar-refractivity contribution in [2.45, 2.75) is 44.6 Å². The SMILES string of the molecule is C[Si](C)(C)CCC[CH]C(O)CO. The molecule has 73 valence electrons. The maximum Gasteiger partial charge on any atom is 0.0802 e. The molecule has 0 aromatic carbocycles. The lowest BCUT2D eigenvalue weighted by molar-refractivity contribution is 0.116. The van der Waals surface area contributed by atoms with E-state index in [1.54, 1.807) is 6.42 Å². The molecule has 0 aromatic heterocycles. The van der Waals surface area contributed by atoms with Crippen LogP contribution in [0.2, 0.25) is 25.7 Å². The summed E-state index contributed by atoms with van der Waals surface area (Å²) < 4.78 is 0. The number of aliphatic hydroxyl groups is 2. The Morgan fingerprint density at radius 3 is 2.33 bits per heavy atom. The first-order chi connectivity index (χ1) is 5.45. The third-order valence-electron chi connectivity index (χ3n) is 1.76. The summed E-state index contributed by atoms with van der Waals surface area (Å²) in [7, 11) is -0.904. The Kier molecular flexibility index (Phi) is 5.79. The molecule has 0 saturated carbocycles. The third kappa shape index (κ3) is 8.24. The first-order valence-electron chi connectivity index (χ1n) is 4.58. The largest absolute Gasteiger partial charge is 0.394 e. The van der Waals surface area contributed by atoms with Crippen molar-refractivity contribution in [1.82, 2.24) is 0 Å². The zero-order valence-electron chi connectivity index (χ0n) is 8.38. The predicted octanol–water partition coefficient (Wildman–Crippen LogP) is 1.66. The van der Waals surface area contributed by atoms with Crippen LogP contribution in [0.3, 0.4) is 0 Å². The molecule has 0 bridgehead atoms. The summed E-state index contributed by atoms with van der Waals surface area (Å²) in [5.74, 6) is 0. The van der Waals surface area contributed by atoms with Gasteiger partial charge in [0, 0.05) is 8.07 Å². The average molecular weight is 189 g/mol. The molecule has 1 radical (unpaired) electrons. The zero-order chi connectivity index (χ0) is 9.61. The van der Waals surface area contributed by atoms with Crippen LogP contribution in [-0.2, 0) is 0 Å².